The fourth-order valence-corrected chi connectivity index (χ4v) is 4.74. The largest absolute Gasteiger partial charge is 0.283 e. The third-order valence-electron chi connectivity index (χ3n) is 3.53. The van der Waals surface area contributed by atoms with Gasteiger partial charge in [0.15, 0.2) is 0 Å². The van der Waals surface area contributed by atoms with E-state index in [1.54, 1.807) is 12.1 Å². The summed E-state index contributed by atoms with van der Waals surface area (Å²) in [5.74, 6) is 0. The highest BCUT2D eigenvalue weighted by atomic mass is 35.5. The zero-order chi connectivity index (χ0) is 19.3. The molecule has 0 bridgehead atoms. The van der Waals surface area contributed by atoms with Crippen molar-refractivity contribution in [2.45, 2.75) is 4.90 Å². The first-order chi connectivity index (χ1) is 13.0. The fraction of sp³-hybridized carbons (Fsp3) is 0. The lowest BCUT2D eigenvalue weighted by molar-refractivity contribution is 0.598. The second kappa shape index (κ2) is 8.80. The molecule has 3 aromatic rings. The van der Waals surface area contributed by atoms with Gasteiger partial charge in [-0.2, -0.15) is 12.8 Å². The Hall–Kier alpha value is -1.99. The lowest BCUT2D eigenvalue weighted by Crippen LogP contribution is -2.06. The monoisotopic (exact) mass is 431 g/mol. The van der Waals surface area contributed by atoms with E-state index in [1.165, 1.54) is 24.3 Å². The predicted molar refractivity (Wildman–Crippen MR) is 117 cm³/mol. The molecule has 0 saturated heterocycles. The van der Waals surface area contributed by atoms with E-state index in [4.69, 9.17) is 23.8 Å². The maximum Gasteiger partial charge on any atom is 0.283 e. The first-order valence-electron chi connectivity index (χ1n) is 7.89. The number of thioether (sulfide) groups is 1. The van der Waals surface area contributed by atoms with Gasteiger partial charge >= 0.3 is 0 Å². The molecule has 0 aliphatic carbocycles. The van der Waals surface area contributed by atoms with Gasteiger partial charge in [-0.25, -0.2) is 0 Å². The summed E-state index contributed by atoms with van der Waals surface area (Å²) in [6.07, 6.45) is 0. The molecule has 0 radical (unpaired) electrons. The molecule has 0 aliphatic rings. The molecular formula is C20H14ClNO2S3. The van der Waals surface area contributed by atoms with Crippen LogP contribution in [0.5, 0.6) is 0 Å². The van der Waals surface area contributed by atoms with Crippen LogP contribution in [0.3, 0.4) is 0 Å². The molecule has 0 aromatic heterocycles. The minimum Gasteiger partial charge on any atom is -0.199 e. The maximum atomic E-state index is 12.8. The van der Waals surface area contributed by atoms with Crippen LogP contribution in [-0.2, 0) is 10.0 Å². The second-order valence-electron chi connectivity index (χ2n) is 5.45. The second-order valence-corrected chi connectivity index (χ2v) is 9.15. The number of sulfonamides is 1. The van der Waals surface area contributed by atoms with Gasteiger partial charge in [0, 0.05) is 10.6 Å². The Bertz CT molecular complexity index is 1070. The van der Waals surface area contributed by atoms with E-state index >= 15 is 0 Å². The quantitative estimate of drug-likeness (QED) is 0.307. The number of hydrogen-bond acceptors (Lipinski definition) is 4. The number of halogens is 1. The lowest BCUT2D eigenvalue weighted by Gasteiger charge is -2.08. The molecule has 0 amide bonds. The summed E-state index contributed by atoms with van der Waals surface area (Å²) in [6.45, 7) is 0. The molecule has 0 unspecified atom stereocenters. The van der Waals surface area contributed by atoms with Crippen molar-refractivity contribution in [1.29, 1.82) is 0 Å². The smallest absolute Gasteiger partial charge is 0.199 e. The summed E-state index contributed by atoms with van der Waals surface area (Å²) in [4.78, 5) is 0.0755. The predicted octanol–water partition coefficient (Wildman–Crippen LogP) is 5.58. The summed E-state index contributed by atoms with van der Waals surface area (Å²) in [5, 5.41) is 0.778. The number of hydrogen-bond donors (Lipinski definition) is 0. The molecule has 0 heterocycles. The Kier molecular flexibility index (Phi) is 6.44. The van der Waals surface area contributed by atoms with Crippen molar-refractivity contribution < 1.29 is 8.42 Å². The van der Waals surface area contributed by atoms with Gasteiger partial charge in [0.2, 0.25) is 0 Å². The van der Waals surface area contributed by atoms with Crippen LogP contribution in [0.15, 0.2) is 94.2 Å². The zero-order valence-corrected chi connectivity index (χ0v) is 17.2. The minimum absolute atomic E-state index is 0.0755. The number of thiocarbonyl (C=S) groups is 1. The van der Waals surface area contributed by atoms with E-state index in [0.717, 1.165) is 17.3 Å². The van der Waals surface area contributed by atoms with Crippen molar-refractivity contribution in [1.82, 2.24) is 0 Å². The topological polar surface area (TPSA) is 46.5 Å². The lowest BCUT2D eigenvalue weighted by atomic mass is 10.2. The molecule has 136 valence electrons. The van der Waals surface area contributed by atoms with Crippen molar-refractivity contribution in [2.24, 2.45) is 4.40 Å². The maximum absolute atomic E-state index is 12.8. The molecule has 0 saturated carbocycles. The molecule has 3 rings (SSSR count). The molecule has 27 heavy (non-hydrogen) atoms. The normalized spacial score (nSPS) is 12.0. The molecule has 0 fully saturated rings. The summed E-state index contributed by atoms with van der Waals surface area (Å²) >= 11 is 12.5. The van der Waals surface area contributed by atoms with Crippen LogP contribution < -0.4 is 0 Å². The average Bonchev–Trinajstić information content (AvgIpc) is 2.69. The standard InChI is InChI=1S/C20H14ClNO2S3/c21-17-11-13-18(14-12-17)27(23,24)22-19(15-7-3-1-4-8-15)26-20(25)16-9-5-2-6-10-16/h1-14H/b22-19+. The van der Waals surface area contributed by atoms with Gasteiger partial charge in [-0.1, -0.05) is 96.2 Å². The summed E-state index contributed by atoms with van der Waals surface area (Å²) in [6, 6.07) is 24.4. The average molecular weight is 432 g/mol. The van der Waals surface area contributed by atoms with Crippen LogP contribution in [0.4, 0.5) is 0 Å². The third-order valence-corrected chi connectivity index (χ3v) is 6.62. The first kappa shape index (κ1) is 19.8. The number of benzene rings is 3. The van der Waals surface area contributed by atoms with E-state index in [2.05, 4.69) is 4.40 Å². The highest BCUT2D eigenvalue weighted by molar-refractivity contribution is 8.34. The summed E-state index contributed by atoms with van der Waals surface area (Å²) < 4.78 is 30.1. The van der Waals surface area contributed by atoms with Crippen LogP contribution in [0.2, 0.25) is 5.02 Å². The Labute approximate surface area is 173 Å². The van der Waals surface area contributed by atoms with Crippen molar-refractivity contribution in [2.75, 3.05) is 0 Å². The Morgan fingerprint density at radius 1 is 0.815 bits per heavy atom. The molecule has 7 heteroatoms. The highest BCUT2D eigenvalue weighted by Crippen LogP contribution is 2.24. The molecule has 0 aliphatic heterocycles. The van der Waals surface area contributed by atoms with E-state index in [0.29, 0.717) is 19.8 Å². The molecule has 0 spiro atoms. The fourth-order valence-electron chi connectivity index (χ4n) is 2.20. The van der Waals surface area contributed by atoms with Crippen molar-refractivity contribution in [3.63, 3.8) is 0 Å². The van der Waals surface area contributed by atoms with Crippen LogP contribution in [-0.4, -0.2) is 17.7 Å². The van der Waals surface area contributed by atoms with Gasteiger partial charge in [-0.15, -0.1) is 0 Å². The van der Waals surface area contributed by atoms with E-state index in [9.17, 15) is 8.42 Å². The molecule has 0 atom stereocenters. The van der Waals surface area contributed by atoms with Crippen molar-refractivity contribution in [3.05, 3.63) is 101 Å². The van der Waals surface area contributed by atoms with Crippen LogP contribution >= 0.6 is 35.6 Å². The van der Waals surface area contributed by atoms with Gasteiger partial charge < -0.3 is 0 Å². The van der Waals surface area contributed by atoms with Gasteiger partial charge in [0.05, 0.1) is 9.09 Å². The zero-order valence-electron chi connectivity index (χ0n) is 13.9. The van der Waals surface area contributed by atoms with Crippen molar-refractivity contribution in [3.8, 4) is 0 Å². The first-order valence-corrected chi connectivity index (χ1v) is 10.9. The van der Waals surface area contributed by atoms with Crippen LogP contribution in [0, 0.1) is 0 Å². The molecule has 3 aromatic carbocycles. The number of rotatable bonds is 4. The van der Waals surface area contributed by atoms with Gasteiger partial charge in [-0.05, 0) is 29.8 Å². The molecule has 3 nitrogen and oxygen atoms in total. The van der Waals surface area contributed by atoms with E-state index in [-0.39, 0.29) is 4.90 Å². The van der Waals surface area contributed by atoms with Crippen molar-refractivity contribution >= 4 is 54.8 Å². The van der Waals surface area contributed by atoms with Gasteiger partial charge in [-0.3, -0.25) is 0 Å². The Morgan fingerprint density at radius 2 is 1.33 bits per heavy atom. The van der Waals surface area contributed by atoms with Crippen LogP contribution in [0.25, 0.3) is 0 Å². The summed E-state index contributed by atoms with van der Waals surface area (Å²) in [5.41, 5.74) is 1.52. The van der Waals surface area contributed by atoms with Crippen LogP contribution in [0.1, 0.15) is 11.1 Å². The van der Waals surface area contributed by atoms with E-state index < -0.39 is 10.0 Å². The van der Waals surface area contributed by atoms with E-state index in [1.807, 2.05) is 48.5 Å². The molecule has 0 N–H and O–H groups in total. The third kappa shape index (κ3) is 5.26. The SMILES string of the molecule is O=S(=O)(/N=C(/SC(=S)c1ccccc1)c1ccccc1)c1ccc(Cl)cc1. The minimum atomic E-state index is -3.90. The van der Waals surface area contributed by atoms with Gasteiger partial charge in [0.25, 0.3) is 10.0 Å². The number of nitrogens with zero attached hydrogens (tertiary/aromatic N) is 1. The summed E-state index contributed by atoms with van der Waals surface area (Å²) in [7, 11) is -3.90. The Morgan fingerprint density at radius 3 is 1.89 bits per heavy atom. The van der Waals surface area contributed by atoms with Gasteiger partial charge in [0.1, 0.15) is 5.04 Å². The Balaban J connectivity index is 2.01. The highest BCUT2D eigenvalue weighted by Gasteiger charge is 2.17. The molecular weight excluding hydrogens is 418 g/mol.